The van der Waals surface area contributed by atoms with Gasteiger partial charge in [-0.1, -0.05) is 0 Å². The van der Waals surface area contributed by atoms with Gasteiger partial charge in [0.25, 0.3) is 0 Å². The summed E-state index contributed by atoms with van der Waals surface area (Å²) < 4.78 is 35.5. The minimum atomic E-state index is -5.27. The number of piperidine rings is 1. The number of rotatable bonds is 7. The molecule has 6 atom stereocenters. The highest BCUT2D eigenvalue weighted by Gasteiger charge is 2.47. The Bertz CT molecular complexity index is 613. The number of hydrogen-bond acceptors (Lipinski definition) is 9. The molecule has 15 heteroatoms. The van der Waals surface area contributed by atoms with Gasteiger partial charge >= 0.3 is 15.6 Å². The van der Waals surface area contributed by atoms with Gasteiger partial charge in [0.05, 0.1) is 12.5 Å². The minimum Gasteiger partial charge on any atom is -0.387 e. The van der Waals surface area contributed by atoms with Crippen LogP contribution in [0.3, 0.4) is 0 Å². The van der Waals surface area contributed by atoms with E-state index in [-0.39, 0.29) is 6.54 Å². The molecule has 2 aliphatic heterocycles. The molecule has 2 saturated heterocycles. The Kier molecular flexibility index (Phi) is 6.97. The van der Waals surface area contributed by atoms with Gasteiger partial charge in [-0.05, 0) is 12.8 Å². The summed E-state index contributed by atoms with van der Waals surface area (Å²) in [6.45, 7) is -0.0711. The van der Waals surface area contributed by atoms with E-state index in [1.165, 1.54) is 0 Å². The normalized spacial score (nSPS) is 36.0. The van der Waals surface area contributed by atoms with Gasteiger partial charge in [-0.2, -0.15) is 4.31 Å². The van der Waals surface area contributed by atoms with Crippen molar-refractivity contribution < 1.29 is 52.4 Å². The lowest BCUT2D eigenvalue weighted by Crippen LogP contribution is -2.50. The van der Waals surface area contributed by atoms with Crippen molar-refractivity contribution in [3.8, 4) is 0 Å². The van der Waals surface area contributed by atoms with E-state index in [0.29, 0.717) is 19.4 Å². The molecule has 0 spiro atoms. The van der Waals surface area contributed by atoms with Gasteiger partial charge in [-0.3, -0.25) is 14.2 Å². The topological polar surface area (TPSA) is 209 Å². The van der Waals surface area contributed by atoms with Gasteiger partial charge in [-0.15, -0.1) is 0 Å². The molecule has 0 aromatic rings. The molecular weight excluding hydrogens is 398 g/mol. The lowest BCUT2D eigenvalue weighted by atomic mass is 9.96. The van der Waals surface area contributed by atoms with Crippen LogP contribution in [0.2, 0.25) is 0 Å². The zero-order valence-electron chi connectivity index (χ0n) is 13.5. The number of aliphatic hydroxyl groups is 2. The molecule has 0 saturated carbocycles. The van der Waals surface area contributed by atoms with E-state index in [1.807, 2.05) is 0 Å². The second-order valence-corrected chi connectivity index (χ2v) is 8.95. The van der Waals surface area contributed by atoms with Gasteiger partial charge < -0.3 is 35.4 Å². The molecule has 1 amide bonds. The number of nitrogens with zero attached hydrogens (tertiary/aromatic N) is 1. The maximum absolute atomic E-state index is 11.4. The average Bonchev–Trinajstić information content (AvgIpc) is 2.79. The summed E-state index contributed by atoms with van der Waals surface area (Å²) in [6, 6.07) is 0. The number of phosphoric acid groups is 2. The maximum Gasteiger partial charge on any atom is 0.481 e. The standard InChI is InChI=1S/C11H22N2O11P2/c12-10(16)6-2-1-3-13(4-6)11-9(15)8(14)7(23-11)5-22-26(20,21)24-25(17,18)19/h6-9,11,14-15H,1-5H2,(H2,12,16)(H,20,21)(H2,17,18,19)/t6-,7+,8+,9+,11+/m0/s1. The predicted molar refractivity (Wildman–Crippen MR) is 83.1 cm³/mol. The Balaban J connectivity index is 1.95. The van der Waals surface area contributed by atoms with E-state index >= 15 is 0 Å². The second kappa shape index (κ2) is 8.29. The monoisotopic (exact) mass is 420 g/mol. The Morgan fingerprint density at radius 3 is 2.46 bits per heavy atom. The number of aliphatic hydroxyl groups excluding tert-OH is 2. The van der Waals surface area contributed by atoms with Crippen molar-refractivity contribution in [2.75, 3.05) is 19.7 Å². The van der Waals surface area contributed by atoms with Crippen LogP contribution in [0, 0.1) is 5.92 Å². The number of nitrogens with two attached hydrogens (primary N) is 1. The molecule has 2 heterocycles. The summed E-state index contributed by atoms with van der Waals surface area (Å²) in [6.07, 6.45) is -3.93. The highest BCUT2D eigenvalue weighted by atomic mass is 31.3. The van der Waals surface area contributed by atoms with Crippen molar-refractivity contribution in [1.29, 1.82) is 0 Å². The molecule has 2 aliphatic rings. The summed E-state index contributed by atoms with van der Waals surface area (Å²) in [5, 5.41) is 20.2. The maximum atomic E-state index is 11.4. The molecule has 0 aromatic heterocycles. The molecule has 0 radical (unpaired) electrons. The first-order valence-corrected chi connectivity index (χ1v) is 10.7. The predicted octanol–water partition coefficient (Wildman–Crippen LogP) is -2.14. The Labute approximate surface area is 148 Å². The Morgan fingerprint density at radius 2 is 1.88 bits per heavy atom. The van der Waals surface area contributed by atoms with Crippen LogP contribution in [0.5, 0.6) is 0 Å². The third-order valence-electron chi connectivity index (χ3n) is 4.16. The number of primary amides is 1. The van der Waals surface area contributed by atoms with Crippen molar-refractivity contribution >= 4 is 21.6 Å². The van der Waals surface area contributed by atoms with Crippen molar-refractivity contribution in [1.82, 2.24) is 4.90 Å². The summed E-state index contributed by atoms with van der Waals surface area (Å²) in [7, 11) is -10.4. The first-order valence-electron chi connectivity index (χ1n) is 7.69. The third-order valence-corrected chi connectivity index (χ3v) is 6.32. The summed E-state index contributed by atoms with van der Waals surface area (Å²) >= 11 is 0. The van der Waals surface area contributed by atoms with Crippen LogP contribution in [0.15, 0.2) is 0 Å². The molecule has 2 rings (SSSR count). The fourth-order valence-electron chi connectivity index (χ4n) is 2.96. The second-order valence-electron chi connectivity index (χ2n) is 6.12. The van der Waals surface area contributed by atoms with E-state index in [9.17, 15) is 29.0 Å². The van der Waals surface area contributed by atoms with Gasteiger partial charge in [0.2, 0.25) is 5.91 Å². The number of phosphoric ester groups is 1. The third kappa shape index (κ3) is 5.78. The van der Waals surface area contributed by atoms with Gasteiger partial charge in [-0.25, -0.2) is 9.13 Å². The number of carbonyl (C=O) groups excluding carboxylic acids is 1. The average molecular weight is 420 g/mol. The molecule has 13 nitrogen and oxygen atoms in total. The Morgan fingerprint density at radius 1 is 1.23 bits per heavy atom. The molecule has 1 unspecified atom stereocenters. The van der Waals surface area contributed by atoms with Crippen LogP contribution in [-0.4, -0.2) is 79.9 Å². The first-order chi connectivity index (χ1) is 11.9. The van der Waals surface area contributed by atoms with Gasteiger partial charge in [0.1, 0.15) is 24.5 Å². The van der Waals surface area contributed by atoms with Gasteiger partial charge in [0, 0.05) is 13.1 Å². The van der Waals surface area contributed by atoms with E-state index in [2.05, 4.69) is 8.83 Å². The number of carbonyl (C=O) groups is 1. The lowest BCUT2D eigenvalue weighted by Gasteiger charge is -2.36. The van der Waals surface area contributed by atoms with Gasteiger partial charge in [0.15, 0.2) is 0 Å². The molecular formula is C11H22N2O11P2. The van der Waals surface area contributed by atoms with Crippen molar-refractivity contribution in [3.05, 3.63) is 0 Å². The molecule has 7 N–H and O–H groups in total. The highest BCUT2D eigenvalue weighted by molar-refractivity contribution is 7.60. The number of hydrogen-bond donors (Lipinski definition) is 6. The van der Waals surface area contributed by atoms with E-state index in [4.69, 9.17) is 20.3 Å². The quantitative estimate of drug-likeness (QED) is 0.244. The van der Waals surface area contributed by atoms with Crippen LogP contribution in [0.4, 0.5) is 0 Å². The Hall–Kier alpha value is -0.430. The number of likely N-dealkylation sites (tertiary alicyclic amines) is 1. The van der Waals surface area contributed by atoms with E-state index < -0.39 is 58.6 Å². The zero-order valence-corrected chi connectivity index (χ0v) is 15.3. The van der Waals surface area contributed by atoms with Crippen LogP contribution >= 0.6 is 15.6 Å². The first kappa shape index (κ1) is 21.9. The molecule has 0 aliphatic carbocycles. The van der Waals surface area contributed by atoms with Crippen molar-refractivity contribution in [2.24, 2.45) is 11.7 Å². The fraction of sp³-hybridized carbons (Fsp3) is 0.909. The van der Waals surface area contributed by atoms with Crippen LogP contribution < -0.4 is 5.73 Å². The van der Waals surface area contributed by atoms with Crippen LogP contribution in [-0.2, 0) is 27.5 Å². The number of amides is 1. The van der Waals surface area contributed by atoms with E-state index in [1.54, 1.807) is 4.90 Å². The molecule has 0 aromatic carbocycles. The summed E-state index contributed by atoms with van der Waals surface area (Å²) in [4.78, 5) is 39.3. The minimum absolute atomic E-state index is 0.219. The fourth-order valence-corrected chi connectivity index (χ4v) is 4.56. The summed E-state index contributed by atoms with van der Waals surface area (Å²) in [5.74, 6) is -0.917. The summed E-state index contributed by atoms with van der Waals surface area (Å²) in [5.41, 5.74) is 5.29. The molecule has 152 valence electrons. The smallest absolute Gasteiger partial charge is 0.387 e. The SMILES string of the molecule is NC(=O)[C@H]1CCCN([C@@H]2O[C@H](COP(=O)(O)OP(=O)(O)O)[C@@H](O)[C@H]2O)C1. The largest absolute Gasteiger partial charge is 0.481 e. The van der Waals surface area contributed by atoms with E-state index in [0.717, 1.165) is 0 Å². The van der Waals surface area contributed by atoms with Crippen molar-refractivity contribution in [3.63, 3.8) is 0 Å². The molecule has 26 heavy (non-hydrogen) atoms. The number of ether oxygens (including phenoxy) is 1. The zero-order chi connectivity index (χ0) is 19.7. The molecule has 0 bridgehead atoms. The highest BCUT2D eigenvalue weighted by Crippen LogP contribution is 2.57. The van der Waals surface area contributed by atoms with Crippen LogP contribution in [0.25, 0.3) is 0 Å². The van der Waals surface area contributed by atoms with Crippen molar-refractivity contribution in [2.45, 2.75) is 37.4 Å². The van der Waals surface area contributed by atoms with Crippen LogP contribution in [0.1, 0.15) is 12.8 Å². The lowest BCUT2D eigenvalue weighted by molar-refractivity contribution is -0.131. The molecule has 2 fully saturated rings.